The second-order valence-corrected chi connectivity index (χ2v) is 6.05. The highest BCUT2D eigenvalue weighted by molar-refractivity contribution is 4.90. The fraction of sp³-hybridized carbons (Fsp3) is 1.00. The van der Waals surface area contributed by atoms with E-state index in [1.807, 2.05) is 0 Å². The van der Waals surface area contributed by atoms with Crippen LogP contribution in [0.2, 0.25) is 0 Å². The zero-order chi connectivity index (χ0) is 11.6. The van der Waals surface area contributed by atoms with Gasteiger partial charge in [-0.05, 0) is 41.9 Å². The van der Waals surface area contributed by atoms with Crippen molar-refractivity contribution in [2.24, 2.45) is 35.5 Å². The first-order valence-corrected chi connectivity index (χ1v) is 7.02. The van der Waals surface area contributed by atoms with Gasteiger partial charge in [0.05, 0.1) is 0 Å². The Kier molecular flexibility index (Phi) is 4.67. The molecule has 1 saturated carbocycles. The second kappa shape index (κ2) is 5.37. The lowest BCUT2D eigenvalue weighted by molar-refractivity contribution is 0.248. The molecule has 0 aromatic rings. The lowest BCUT2D eigenvalue weighted by Crippen LogP contribution is -2.17. The maximum absolute atomic E-state index is 2.49. The first-order chi connectivity index (χ1) is 7.02. The van der Waals surface area contributed by atoms with Crippen LogP contribution in [0.25, 0.3) is 0 Å². The zero-order valence-corrected chi connectivity index (χ0v) is 11.6. The molecule has 6 atom stereocenters. The minimum absolute atomic E-state index is 0.927. The van der Waals surface area contributed by atoms with E-state index in [1.54, 1.807) is 0 Å². The molecule has 90 valence electrons. The Bertz CT molecular complexity index is 164. The molecule has 1 rings (SSSR count). The summed E-state index contributed by atoms with van der Waals surface area (Å²) in [7, 11) is 0. The third kappa shape index (κ3) is 2.57. The number of hydrogen-bond acceptors (Lipinski definition) is 0. The molecule has 0 radical (unpaired) electrons. The van der Waals surface area contributed by atoms with Crippen molar-refractivity contribution in [3.8, 4) is 0 Å². The van der Waals surface area contributed by atoms with E-state index in [0.29, 0.717) is 0 Å². The summed E-state index contributed by atoms with van der Waals surface area (Å²) in [6.45, 7) is 14.6. The topological polar surface area (TPSA) is 0 Å². The second-order valence-electron chi connectivity index (χ2n) is 6.05. The highest BCUT2D eigenvalue weighted by Crippen LogP contribution is 2.48. The first kappa shape index (κ1) is 13.1. The quantitative estimate of drug-likeness (QED) is 0.613. The molecule has 1 fully saturated rings. The molecule has 0 aromatic heterocycles. The highest BCUT2D eigenvalue weighted by Gasteiger charge is 2.41. The molecule has 0 amide bonds. The largest absolute Gasteiger partial charge is 0.0651 e. The Morgan fingerprint density at radius 1 is 0.867 bits per heavy atom. The Morgan fingerprint density at radius 2 is 1.20 bits per heavy atom. The van der Waals surface area contributed by atoms with Gasteiger partial charge < -0.3 is 0 Å². The average molecular weight is 210 g/mol. The van der Waals surface area contributed by atoms with Gasteiger partial charge in [-0.1, -0.05) is 54.4 Å². The van der Waals surface area contributed by atoms with E-state index in [2.05, 4.69) is 41.5 Å². The molecule has 0 heterocycles. The Morgan fingerprint density at radius 3 is 1.47 bits per heavy atom. The molecule has 0 heteroatoms. The molecule has 0 spiro atoms. The van der Waals surface area contributed by atoms with Gasteiger partial charge >= 0.3 is 0 Å². The normalized spacial score (nSPS) is 40.4. The molecular formula is C15H30. The van der Waals surface area contributed by atoms with E-state index in [1.165, 1.54) is 19.3 Å². The Hall–Kier alpha value is 0. The van der Waals surface area contributed by atoms with Crippen molar-refractivity contribution >= 4 is 0 Å². The smallest absolute Gasteiger partial charge is 0.0357 e. The van der Waals surface area contributed by atoms with E-state index >= 15 is 0 Å². The van der Waals surface area contributed by atoms with Crippen molar-refractivity contribution < 1.29 is 0 Å². The van der Waals surface area contributed by atoms with E-state index in [-0.39, 0.29) is 0 Å². The van der Waals surface area contributed by atoms with Crippen molar-refractivity contribution in [3.05, 3.63) is 0 Å². The molecule has 0 N–H and O–H groups in total. The SMILES string of the molecule is CCC(C)C1CC(C(C)CC)C(C)C1C. The van der Waals surface area contributed by atoms with Crippen LogP contribution < -0.4 is 0 Å². The predicted octanol–water partition coefficient (Wildman–Crippen LogP) is 4.99. The average Bonchev–Trinajstić information content (AvgIpc) is 2.54. The summed E-state index contributed by atoms with van der Waals surface area (Å²) >= 11 is 0. The summed E-state index contributed by atoms with van der Waals surface area (Å²) in [5, 5.41) is 0. The third-order valence-corrected chi connectivity index (χ3v) is 5.47. The standard InChI is InChI=1S/C15H30/c1-7-10(3)14-9-15(11(4)8-2)13(6)12(14)5/h10-15H,7-9H2,1-6H3. The summed E-state index contributed by atoms with van der Waals surface area (Å²) in [4.78, 5) is 0. The van der Waals surface area contributed by atoms with Gasteiger partial charge in [-0.2, -0.15) is 0 Å². The molecule has 0 nitrogen and oxygen atoms in total. The van der Waals surface area contributed by atoms with Gasteiger partial charge in [0, 0.05) is 0 Å². The summed E-state index contributed by atoms with van der Waals surface area (Å²) in [6.07, 6.45) is 4.20. The zero-order valence-electron chi connectivity index (χ0n) is 11.6. The predicted molar refractivity (Wildman–Crippen MR) is 68.8 cm³/mol. The lowest BCUT2D eigenvalue weighted by atomic mass is 9.81. The maximum Gasteiger partial charge on any atom is -0.0357 e. The lowest BCUT2D eigenvalue weighted by Gasteiger charge is -2.24. The third-order valence-electron chi connectivity index (χ3n) is 5.47. The molecule has 1 aliphatic carbocycles. The Labute approximate surface area is 96.8 Å². The van der Waals surface area contributed by atoms with Crippen LogP contribution in [0.4, 0.5) is 0 Å². The van der Waals surface area contributed by atoms with E-state index in [4.69, 9.17) is 0 Å². The molecule has 0 aromatic carbocycles. The van der Waals surface area contributed by atoms with Gasteiger partial charge in [-0.25, -0.2) is 0 Å². The molecule has 0 aliphatic heterocycles. The van der Waals surface area contributed by atoms with E-state index in [9.17, 15) is 0 Å². The van der Waals surface area contributed by atoms with Crippen molar-refractivity contribution in [3.63, 3.8) is 0 Å². The van der Waals surface area contributed by atoms with E-state index < -0.39 is 0 Å². The minimum atomic E-state index is 0.927. The van der Waals surface area contributed by atoms with Gasteiger partial charge in [0.15, 0.2) is 0 Å². The van der Waals surface area contributed by atoms with Gasteiger partial charge in [-0.15, -0.1) is 0 Å². The summed E-state index contributed by atoms with van der Waals surface area (Å²) in [5.41, 5.74) is 0. The van der Waals surface area contributed by atoms with Gasteiger partial charge in [0.2, 0.25) is 0 Å². The van der Waals surface area contributed by atoms with Crippen LogP contribution in [0.15, 0.2) is 0 Å². The summed E-state index contributed by atoms with van der Waals surface area (Å²) < 4.78 is 0. The van der Waals surface area contributed by atoms with Gasteiger partial charge in [0.25, 0.3) is 0 Å². The maximum atomic E-state index is 2.49. The van der Waals surface area contributed by atoms with Crippen LogP contribution in [-0.4, -0.2) is 0 Å². The van der Waals surface area contributed by atoms with Crippen LogP contribution >= 0.6 is 0 Å². The molecule has 0 bridgehead atoms. The monoisotopic (exact) mass is 210 g/mol. The van der Waals surface area contributed by atoms with Crippen LogP contribution in [0.5, 0.6) is 0 Å². The van der Waals surface area contributed by atoms with Crippen LogP contribution in [0.3, 0.4) is 0 Å². The van der Waals surface area contributed by atoms with Crippen LogP contribution in [-0.2, 0) is 0 Å². The first-order valence-electron chi connectivity index (χ1n) is 7.02. The minimum Gasteiger partial charge on any atom is -0.0651 e. The van der Waals surface area contributed by atoms with Crippen LogP contribution in [0.1, 0.15) is 60.8 Å². The van der Waals surface area contributed by atoms with Crippen molar-refractivity contribution in [1.82, 2.24) is 0 Å². The summed E-state index contributed by atoms with van der Waals surface area (Å²) in [5.74, 6) is 5.72. The Balaban J connectivity index is 2.67. The van der Waals surface area contributed by atoms with Gasteiger partial charge in [-0.3, -0.25) is 0 Å². The highest BCUT2D eigenvalue weighted by atomic mass is 14.5. The van der Waals surface area contributed by atoms with Crippen molar-refractivity contribution in [2.75, 3.05) is 0 Å². The molecule has 1 aliphatic rings. The van der Waals surface area contributed by atoms with Gasteiger partial charge in [0.1, 0.15) is 0 Å². The number of hydrogen-bond donors (Lipinski definition) is 0. The van der Waals surface area contributed by atoms with Crippen molar-refractivity contribution in [2.45, 2.75) is 60.8 Å². The molecular weight excluding hydrogens is 180 g/mol. The van der Waals surface area contributed by atoms with Crippen molar-refractivity contribution in [1.29, 1.82) is 0 Å². The molecule has 15 heavy (non-hydrogen) atoms. The fourth-order valence-corrected chi connectivity index (χ4v) is 3.63. The summed E-state index contributed by atoms with van der Waals surface area (Å²) in [6, 6.07) is 0. The fourth-order valence-electron chi connectivity index (χ4n) is 3.63. The van der Waals surface area contributed by atoms with E-state index in [0.717, 1.165) is 35.5 Å². The molecule has 0 saturated heterocycles. The number of rotatable bonds is 4. The molecule has 6 unspecified atom stereocenters. The van der Waals surface area contributed by atoms with Crippen LogP contribution in [0, 0.1) is 35.5 Å².